The molecule has 0 saturated heterocycles. The van der Waals surface area contributed by atoms with Crippen molar-refractivity contribution in [2.24, 2.45) is 7.05 Å². The maximum atomic E-state index is 12.8. The van der Waals surface area contributed by atoms with Gasteiger partial charge >= 0.3 is 6.18 Å². The number of thiazole rings is 1. The van der Waals surface area contributed by atoms with Crippen LogP contribution in [0.5, 0.6) is 11.5 Å². The molecule has 0 radical (unpaired) electrons. The summed E-state index contributed by atoms with van der Waals surface area (Å²) >= 11 is 2.59. The fourth-order valence-corrected chi connectivity index (χ4v) is 4.03. The molecule has 2 heterocycles. The predicted molar refractivity (Wildman–Crippen MR) is 96.2 cm³/mol. The van der Waals surface area contributed by atoms with E-state index in [4.69, 9.17) is 9.47 Å². The molecule has 0 unspecified atom stereocenters. The normalized spacial score (nSPS) is 11.6. The molecular formula is C16H15F3N4O2S2. The Bertz CT molecular complexity index is 940. The maximum Gasteiger partial charge on any atom is 0.451 e. The van der Waals surface area contributed by atoms with Crippen LogP contribution in [-0.2, 0) is 19.0 Å². The highest BCUT2D eigenvalue weighted by Crippen LogP contribution is 2.35. The van der Waals surface area contributed by atoms with Crippen LogP contribution < -0.4 is 9.47 Å². The second-order valence-corrected chi connectivity index (χ2v) is 7.17. The van der Waals surface area contributed by atoms with Crippen molar-refractivity contribution >= 4 is 23.1 Å². The minimum Gasteiger partial charge on any atom is -0.493 e. The molecule has 0 atom stereocenters. The zero-order valence-electron chi connectivity index (χ0n) is 14.6. The van der Waals surface area contributed by atoms with Crippen LogP contribution in [0.15, 0.2) is 28.7 Å². The molecule has 0 saturated carbocycles. The van der Waals surface area contributed by atoms with Crippen LogP contribution in [-0.4, -0.2) is 34.0 Å². The van der Waals surface area contributed by atoms with E-state index < -0.39 is 12.0 Å². The number of ether oxygens (including phenoxy) is 2. The predicted octanol–water partition coefficient (Wildman–Crippen LogP) is 4.27. The van der Waals surface area contributed by atoms with Gasteiger partial charge in [0.15, 0.2) is 16.7 Å². The number of hydrogen-bond donors (Lipinski definition) is 0. The van der Waals surface area contributed by atoms with E-state index in [1.54, 1.807) is 20.3 Å². The lowest BCUT2D eigenvalue weighted by Gasteiger charge is -2.08. The van der Waals surface area contributed by atoms with E-state index in [-0.39, 0.29) is 5.16 Å². The third-order valence-electron chi connectivity index (χ3n) is 3.62. The van der Waals surface area contributed by atoms with Crippen molar-refractivity contribution in [3.63, 3.8) is 0 Å². The lowest BCUT2D eigenvalue weighted by Crippen LogP contribution is -2.12. The Morgan fingerprint density at radius 3 is 2.52 bits per heavy atom. The Labute approximate surface area is 161 Å². The molecule has 6 nitrogen and oxygen atoms in total. The third kappa shape index (κ3) is 4.19. The maximum absolute atomic E-state index is 12.8. The highest BCUT2D eigenvalue weighted by Gasteiger charge is 2.37. The number of rotatable bonds is 6. The summed E-state index contributed by atoms with van der Waals surface area (Å²) in [5, 5.41) is 9.64. The quantitative estimate of drug-likeness (QED) is 0.560. The van der Waals surface area contributed by atoms with E-state index in [2.05, 4.69) is 15.2 Å². The first-order valence-corrected chi connectivity index (χ1v) is 9.46. The average molecular weight is 416 g/mol. The molecule has 27 heavy (non-hydrogen) atoms. The van der Waals surface area contributed by atoms with E-state index in [0.717, 1.165) is 32.6 Å². The first kappa shape index (κ1) is 19.5. The molecule has 0 aliphatic heterocycles. The largest absolute Gasteiger partial charge is 0.493 e. The number of nitrogens with zero attached hydrogens (tertiary/aromatic N) is 4. The monoisotopic (exact) mass is 416 g/mol. The summed E-state index contributed by atoms with van der Waals surface area (Å²) in [6.45, 7) is 0. The van der Waals surface area contributed by atoms with Gasteiger partial charge in [0.1, 0.15) is 5.01 Å². The summed E-state index contributed by atoms with van der Waals surface area (Å²) < 4.78 is 49.8. The van der Waals surface area contributed by atoms with Crippen molar-refractivity contribution in [2.75, 3.05) is 14.2 Å². The molecule has 0 spiro atoms. The first-order chi connectivity index (χ1) is 12.8. The van der Waals surface area contributed by atoms with Gasteiger partial charge in [0, 0.05) is 23.7 Å². The molecule has 0 fully saturated rings. The van der Waals surface area contributed by atoms with Crippen LogP contribution in [0.3, 0.4) is 0 Å². The second kappa shape index (κ2) is 7.77. The van der Waals surface area contributed by atoms with Gasteiger partial charge in [-0.3, -0.25) is 0 Å². The zero-order valence-corrected chi connectivity index (χ0v) is 16.2. The molecule has 0 N–H and O–H groups in total. The van der Waals surface area contributed by atoms with Gasteiger partial charge in [0.2, 0.25) is 5.82 Å². The van der Waals surface area contributed by atoms with Gasteiger partial charge in [-0.05, 0) is 18.2 Å². The molecule has 11 heteroatoms. The molecule has 3 rings (SSSR count). The van der Waals surface area contributed by atoms with E-state index >= 15 is 0 Å². The lowest BCUT2D eigenvalue weighted by molar-refractivity contribution is -0.147. The topological polar surface area (TPSA) is 62.1 Å². The number of methoxy groups -OCH3 is 2. The fourth-order valence-electron chi connectivity index (χ4n) is 2.30. The van der Waals surface area contributed by atoms with Gasteiger partial charge in [-0.1, -0.05) is 11.8 Å². The van der Waals surface area contributed by atoms with Gasteiger partial charge in [-0.2, -0.15) is 13.2 Å². The lowest BCUT2D eigenvalue weighted by atomic mass is 10.2. The summed E-state index contributed by atoms with van der Waals surface area (Å²) in [7, 11) is 4.41. The van der Waals surface area contributed by atoms with E-state index in [9.17, 15) is 13.2 Å². The first-order valence-electron chi connectivity index (χ1n) is 7.59. The van der Waals surface area contributed by atoms with Crippen LogP contribution in [0.25, 0.3) is 10.6 Å². The molecule has 0 aliphatic carbocycles. The van der Waals surface area contributed by atoms with Crippen LogP contribution >= 0.6 is 23.1 Å². The van der Waals surface area contributed by atoms with Gasteiger partial charge in [0.25, 0.3) is 0 Å². The molecule has 0 aliphatic rings. The summed E-state index contributed by atoms with van der Waals surface area (Å²) in [6.07, 6.45) is -4.53. The summed E-state index contributed by atoms with van der Waals surface area (Å²) in [5.74, 6) is 0.582. The number of halogens is 3. The summed E-state index contributed by atoms with van der Waals surface area (Å²) in [5.41, 5.74) is 1.61. The minimum atomic E-state index is -4.53. The number of aromatic nitrogens is 4. The van der Waals surface area contributed by atoms with E-state index in [0.29, 0.717) is 17.3 Å². The van der Waals surface area contributed by atoms with Crippen LogP contribution in [0.2, 0.25) is 0 Å². The molecular weight excluding hydrogens is 401 g/mol. The van der Waals surface area contributed by atoms with Gasteiger partial charge in [0.05, 0.1) is 19.9 Å². The number of thioether (sulfide) groups is 1. The third-order valence-corrected chi connectivity index (χ3v) is 5.61. The minimum absolute atomic E-state index is 0.183. The van der Waals surface area contributed by atoms with Gasteiger partial charge in [-0.15, -0.1) is 21.5 Å². The van der Waals surface area contributed by atoms with Crippen LogP contribution in [0.4, 0.5) is 13.2 Å². The molecule has 1 aromatic carbocycles. The van der Waals surface area contributed by atoms with Crippen molar-refractivity contribution in [1.82, 2.24) is 19.7 Å². The molecule has 0 amide bonds. The van der Waals surface area contributed by atoms with Crippen molar-refractivity contribution in [3.05, 3.63) is 35.1 Å². The Morgan fingerprint density at radius 2 is 1.89 bits per heavy atom. The van der Waals surface area contributed by atoms with Crippen molar-refractivity contribution in [3.8, 4) is 22.1 Å². The molecule has 144 valence electrons. The van der Waals surface area contributed by atoms with Gasteiger partial charge in [-0.25, -0.2) is 4.98 Å². The molecule has 0 bridgehead atoms. The SMILES string of the molecule is COc1ccc(-c2nc(CSc3nnc(C(F)(F)F)n3C)cs2)cc1OC. The smallest absolute Gasteiger partial charge is 0.451 e. The number of hydrogen-bond acceptors (Lipinski definition) is 7. The Hall–Kier alpha value is -2.27. The Kier molecular flexibility index (Phi) is 5.61. The molecule has 3 aromatic rings. The zero-order chi connectivity index (χ0) is 19.6. The highest BCUT2D eigenvalue weighted by atomic mass is 32.2. The van der Waals surface area contributed by atoms with E-state index in [1.807, 2.05) is 17.5 Å². The molecule has 2 aromatic heterocycles. The highest BCUT2D eigenvalue weighted by molar-refractivity contribution is 7.98. The summed E-state index contributed by atoms with van der Waals surface area (Å²) in [6, 6.07) is 5.49. The van der Waals surface area contributed by atoms with Crippen molar-refractivity contribution in [1.29, 1.82) is 0 Å². The summed E-state index contributed by atoms with van der Waals surface area (Å²) in [4.78, 5) is 4.53. The Morgan fingerprint density at radius 1 is 1.15 bits per heavy atom. The van der Waals surface area contributed by atoms with Crippen LogP contribution in [0, 0.1) is 0 Å². The number of alkyl halides is 3. The van der Waals surface area contributed by atoms with E-state index in [1.165, 1.54) is 18.4 Å². The second-order valence-electron chi connectivity index (χ2n) is 5.37. The fraction of sp³-hybridized carbons (Fsp3) is 0.312. The van der Waals surface area contributed by atoms with Crippen molar-refractivity contribution in [2.45, 2.75) is 17.1 Å². The standard InChI is InChI=1S/C16H15F3N4O2S2/c1-23-14(16(17,18)19)21-22-15(23)27-8-10-7-26-13(20-10)9-4-5-11(24-2)12(6-9)25-3/h4-7H,8H2,1-3H3. The average Bonchev–Trinajstić information content (AvgIpc) is 3.25. The van der Waals surface area contributed by atoms with Gasteiger partial charge < -0.3 is 14.0 Å². The van der Waals surface area contributed by atoms with Crippen LogP contribution in [0.1, 0.15) is 11.5 Å². The Balaban J connectivity index is 1.73. The number of benzene rings is 1. The van der Waals surface area contributed by atoms with Crippen molar-refractivity contribution < 1.29 is 22.6 Å².